The summed E-state index contributed by atoms with van der Waals surface area (Å²) in [5.41, 5.74) is 8.30. The quantitative estimate of drug-likeness (QED) is 0.830. The van der Waals surface area contributed by atoms with E-state index >= 15 is 0 Å². The molecule has 1 aromatic rings. The molecule has 0 bridgehead atoms. The molecule has 1 aliphatic rings. The van der Waals surface area contributed by atoms with E-state index in [0.29, 0.717) is 0 Å². The van der Waals surface area contributed by atoms with Crippen LogP contribution in [0, 0.1) is 12.8 Å². The number of hydrogen-bond donors (Lipinski definition) is 1. The Labute approximate surface area is 115 Å². The Balaban J connectivity index is 2.08. The second-order valence-electron chi connectivity index (χ2n) is 5.57. The molecule has 1 atom stereocenters. The third-order valence-electron chi connectivity index (χ3n) is 4.23. The minimum Gasteiger partial charge on any atom is -0.399 e. The SMILES string of the molecule is CCC1CCCN(C(=O)c2ccc(N)c(C)c2)CC1. The molecule has 1 aromatic carbocycles. The van der Waals surface area contributed by atoms with Crippen LogP contribution in [0.15, 0.2) is 18.2 Å². The van der Waals surface area contributed by atoms with E-state index in [4.69, 9.17) is 5.73 Å². The largest absolute Gasteiger partial charge is 0.399 e. The highest BCUT2D eigenvalue weighted by atomic mass is 16.2. The van der Waals surface area contributed by atoms with Crippen molar-refractivity contribution in [3.8, 4) is 0 Å². The fourth-order valence-electron chi connectivity index (χ4n) is 2.77. The molecule has 2 rings (SSSR count). The van der Waals surface area contributed by atoms with Crippen molar-refractivity contribution in [2.75, 3.05) is 18.8 Å². The minimum atomic E-state index is 0.153. The van der Waals surface area contributed by atoms with Crippen molar-refractivity contribution in [1.29, 1.82) is 0 Å². The molecule has 1 unspecified atom stereocenters. The maximum absolute atomic E-state index is 12.5. The molecule has 1 aliphatic heterocycles. The lowest BCUT2D eigenvalue weighted by atomic mass is 9.98. The summed E-state index contributed by atoms with van der Waals surface area (Å²) in [6.45, 7) is 5.96. The molecular formula is C16H24N2O. The number of carbonyl (C=O) groups excluding carboxylic acids is 1. The van der Waals surface area contributed by atoms with Crippen LogP contribution in [0.4, 0.5) is 5.69 Å². The van der Waals surface area contributed by atoms with E-state index in [2.05, 4.69) is 6.92 Å². The molecule has 3 nitrogen and oxygen atoms in total. The zero-order valence-electron chi connectivity index (χ0n) is 12.0. The van der Waals surface area contributed by atoms with Crippen LogP contribution in [0.5, 0.6) is 0 Å². The number of likely N-dealkylation sites (tertiary alicyclic amines) is 1. The molecule has 1 amide bonds. The van der Waals surface area contributed by atoms with E-state index in [0.717, 1.165) is 48.7 Å². The molecule has 3 heteroatoms. The molecule has 0 saturated carbocycles. The van der Waals surface area contributed by atoms with Crippen molar-refractivity contribution in [3.63, 3.8) is 0 Å². The number of amides is 1. The molecule has 1 saturated heterocycles. The van der Waals surface area contributed by atoms with Crippen LogP contribution in [-0.2, 0) is 0 Å². The minimum absolute atomic E-state index is 0.153. The van der Waals surface area contributed by atoms with Crippen LogP contribution in [0.1, 0.15) is 48.5 Å². The van der Waals surface area contributed by atoms with E-state index < -0.39 is 0 Å². The molecule has 0 aliphatic carbocycles. The maximum Gasteiger partial charge on any atom is 0.253 e. The number of aryl methyl sites for hydroxylation is 1. The van der Waals surface area contributed by atoms with Crippen molar-refractivity contribution >= 4 is 11.6 Å². The number of nitrogen functional groups attached to an aromatic ring is 1. The molecular weight excluding hydrogens is 236 g/mol. The average Bonchev–Trinajstić information content (AvgIpc) is 2.66. The van der Waals surface area contributed by atoms with Gasteiger partial charge in [-0.25, -0.2) is 0 Å². The summed E-state index contributed by atoms with van der Waals surface area (Å²) >= 11 is 0. The molecule has 104 valence electrons. The van der Waals surface area contributed by atoms with Gasteiger partial charge in [0.05, 0.1) is 0 Å². The Bertz CT molecular complexity index is 456. The summed E-state index contributed by atoms with van der Waals surface area (Å²) in [6, 6.07) is 5.57. The molecule has 1 fully saturated rings. The lowest BCUT2D eigenvalue weighted by Gasteiger charge is -2.21. The van der Waals surface area contributed by atoms with Gasteiger partial charge in [-0.2, -0.15) is 0 Å². The van der Waals surface area contributed by atoms with E-state index in [1.54, 1.807) is 0 Å². The zero-order chi connectivity index (χ0) is 13.8. The number of anilines is 1. The van der Waals surface area contributed by atoms with Crippen molar-refractivity contribution in [2.24, 2.45) is 5.92 Å². The average molecular weight is 260 g/mol. The Hall–Kier alpha value is -1.51. The second kappa shape index (κ2) is 6.09. The Morgan fingerprint density at radius 1 is 1.37 bits per heavy atom. The fourth-order valence-corrected chi connectivity index (χ4v) is 2.77. The lowest BCUT2D eigenvalue weighted by molar-refractivity contribution is 0.0760. The first-order chi connectivity index (χ1) is 9.11. The van der Waals surface area contributed by atoms with Crippen LogP contribution in [0.25, 0.3) is 0 Å². The maximum atomic E-state index is 12.5. The summed E-state index contributed by atoms with van der Waals surface area (Å²) in [7, 11) is 0. The first-order valence-electron chi connectivity index (χ1n) is 7.27. The molecule has 2 N–H and O–H groups in total. The summed E-state index contributed by atoms with van der Waals surface area (Å²) in [4.78, 5) is 14.5. The zero-order valence-corrected chi connectivity index (χ0v) is 12.0. The number of rotatable bonds is 2. The van der Waals surface area contributed by atoms with Crippen LogP contribution in [0.2, 0.25) is 0 Å². The number of benzene rings is 1. The monoisotopic (exact) mass is 260 g/mol. The number of nitrogens with zero attached hydrogens (tertiary/aromatic N) is 1. The Morgan fingerprint density at radius 3 is 2.84 bits per heavy atom. The lowest BCUT2D eigenvalue weighted by Crippen LogP contribution is -2.32. The Kier molecular flexibility index (Phi) is 4.46. The number of nitrogens with two attached hydrogens (primary N) is 1. The van der Waals surface area contributed by atoms with E-state index in [-0.39, 0.29) is 5.91 Å². The molecule has 1 heterocycles. The summed E-state index contributed by atoms with van der Waals surface area (Å²) in [5.74, 6) is 0.936. The van der Waals surface area contributed by atoms with Gasteiger partial charge in [-0.3, -0.25) is 4.79 Å². The van der Waals surface area contributed by atoms with Crippen LogP contribution in [-0.4, -0.2) is 23.9 Å². The second-order valence-corrected chi connectivity index (χ2v) is 5.57. The highest BCUT2D eigenvalue weighted by molar-refractivity contribution is 5.94. The number of hydrogen-bond acceptors (Lipinski definition) is 2. The molecule has 19 heavy (non-hydrogen) atoms. The van der Waals surface area contributed by atoms with Crippen molar-refractivity contribution in [2.45, 2.75) is 39.5 Å². The molecule has 0 spiro atoms. The van der Waals surface area contributed by atoms with Crippen LogP contribution < -0.4 is 5.73 Å². The predicted octanol–water partition coefficient (Wildman–Crippen LogP) is 3.23. The molecule has 0 radical (unpaired) electrons. The van der Waals surface area contributed by atoms with Gasteiger partial charge in [-0.1, -0.05) is 13.3 Å². The van der Waals surface area contributed by atoms with Gasteiger partial charge >= 0.3 is 0 Å². The van der Waals surface area contributed by atoms with Crippen molar-refractivity contribution in [1.82, 2.24) is 4.90 Å². The predicted molar refractivity (Wildman–Crippen MR) is 79.1 cm³/mol. The smallest absolute Gasteiger partial charge is 0.253 e. The highest BCUT2D eigenvalue weighted by Crippen LogP contribution is 2.22. The Morgan fingerprint density at radius 2 is 2.16 bits per heavy atom. The van der Waals surface area contributed by atoms with Gasteiger partial charge in [0, 0.05) is 24.3 Å². The third kappa shape index (κ3) is 3.28. The van der Waals surface area contributed by atoms with Crippen molar-refractivity contribution in [3.05, 3.63) is 29.3 Å². The van der Waals surface area contributed by atoms with Gasteiger partial charge < -0.3 is 10.6 Å². The fraction of sp³-hybridized carbons (Fsp3) is 0.562. The van der Waals surface area contributed by atoms with Gasteiger partial charge in [-0.05, 0) is 55.9 Å². The van der Waals surface area contributed by atoms with E-state index in [1.807, 2.05) is 30.0 Å². The van der Waals surface area contributed by atoms with E-state index in [1.165, 1.54) is 12.8 Å². The normalized spacial score (nSPS) is 20.1. The van der Waals surface area contributed by atoms with Gasteiger partial charge in [0.1, 0.15) is 0 Å². The highest BCUT2D eigenvalue weighted by Gasteiger charge is 2.20. The standard InChI is InChI=1S/C16H24N2O/c1-3-13-5-4-9-18(10-8-13)16(19)14-6-7-15(17)12(2)11-14/h6-7,11,13H,3-5,8-10,17H2,1-2H3. The van der Waals surface area contributed by atoms with Crippen molar-refractivity contribution < 1.29 is 4.79 Å². The van der Waals surface area contributed by atoms with Gasteiger partial charge in [0.25, 0.3) is 5.91 Å². The number of carbonyl (C=O) groups is 1. The first-order valence-corrected chi connectivity index (χ1v) is 7.27. The van der Waals surface area contributed by atoms with Gasteiger partial charge in [0.2, 0.25) is 0 Å². The summed E-state index contributed by atoms with van der Waals surface area (Å²) in [5, 5.41) is 0. The van der Waals surface area contributed by atoms with E-state index in [9.17, 15) is 4.79 Å². The first kappa shape index (κ1) is 13.9. The summed E-state index contributed by atoms with van der Waals surface area (Å²) in [6.07, 6.45) is 4.73. The van der Waals surface area contributed by atoms with Gasteiger partial charge in [0.15, 0.2) is 0 Å². The third-order valence-corrected chi connectivity index (χ3v) is 4.23. The molecule has 0 aromatic heterocycles. The summed E-state index contributed by atoms with van der Waals surface area (Å²) < 4.78 is 0. The van der Waals surface area contributed by atoms with Gasteiger partial charge in [-0.15, -0.1) is 0 Å². The topological polar surface area (TPSA) is 46.3 Å². The van der Waals surface area contributed by atoms with Crippen LogP contribution >= 0.6 is 0 Å². The van der Waals surface area contributed by atoms with Crippen LogP contribution in [0.3, 0.4) is 0 Å².